The molecule has 21 heavy (non-hydrogen) atoms. The van der Waals surface area contributed by atoms with Crippen LogP contribution >= 0.6 is 22.9 Å². The molecule has 0 spiro atoms. The molecule has 1 aromatic carbocycles. The van der Waals surface area contributed by atoms with Crippen molar-refractivity contribution in [3.05, 3.63) is 45.6 Å². The molecule has 0 amide bonds. The Morgan fingerprint density at radius 3 is 2.62 bits per heavy atom. The Hall–Kier alpha value is -1.85. The molecule has 3 rings (SSSR count). The molecule has 0 saturated heterocycles. The molecule has 0 aliphatic rings. The van der Waals surface area contributed by atoms with Gasteiger partial charge in [0, 0.05) is 21.2 Å². The number of aromatic nitrogens is 2. The fourth-order valence-corrected chi connectivity index (χ4v) is 3.47. The van der Waals surface area contributed by atoms with Gasteiger partial charge in [0.1, 0.15) is 0 Å². The van der Waals surface area contributed by atoms with E-state index in [0.29, 0.717) is 16.4 Å². The lowest BCUT2D eigenvalue weighted by Gasteiger charge is -2.04. The minimum atomic E-state index is -0.865. The largest absolute Gasteiger partial charge is 0.481 e. The van der Waals surface area contributed by atoms with Crippen molar-refractivity contribution >= 4 is 33.9 Å². The van der Waals surface area contributed by atoms with E-state index in [2.05, 4.69) is 4.98 Å². The predicted octanol–water partition coefficient (Wildman–Crippen LogP) is 3.96. The van der Waals surface area contributed by atoms with E-state index in [-0.39, 0.29) is 6.42 Å². The fourth-order valence-electron chi connectivity index (χ4n) is 2.36. The number of nitrogens with zero attached hydrogens (tertiary/aromatic N) is 2. The summed E-state index contributed by atoms with van der Waals surface area (Å²) in [5.74, 6) is -0.865. The van der Waals surface area contributed by atoms with Crippen molar-refractivity contribution in [1.82, 2.24) is 9.38 Å². The van der Waals surface area contributed by atoms with Crippen molar-refractivity contribution in [1.29, 1.82) is 0 Å². The van der Waals surface area contributed by atoms with Gasteiger partial charge in [0.05, 0.1) is 17.8 Å². The molecule has 108 valence electrons. The first-order valence-electron chi connectivity index (χ1n) is 6.42. The van der Waals surface area contributed by atoms with Gasteiger partial charge in [-0.2, -0.15) is 0 Å². The van der Waals surface area contributed by atoms with Gasteiger partial charge in [-0.3, -0.25) is 9.20 Å². The molecule has 0 fully saturated rings. The number of aryl methyl sites for hydroxylation is 2. The standard InChI is InChI=1S/C15H13ClN2O2S/c1-8-9(2)21-15-17-14(10-3-5-11(16)6-4-10)12(18(8)15)7-13(19)20/h3-6H,7H2,1-2H3,(H,19,20). The average molecular weight is 321 g/mol. The lowest BCUT2D eigenvalue weighted by molar-refractivity contribution is -0.136. The molecule has 3 aromatic rings. The summed E-state index contributed by atoms with van der Waals surface area (Å²) >= 11 is 7.48. The number of fused-ring (bicyclic) bond motifs is 1. The van der Waals surface area contributed by atoms with Gasteiger partial charge in [-0.15, -0.1) is 11.3 Å². The molecule has 0 radical (unpaired) electrons. The number of hydrogen-bond donors (Lipinski definition) is 1. The predicted molar refractivity (Wildman–Crippen MR) is 84.3 cm³/mol. The summed E-state index contributed by atoms with van der Waals surface area (Å²) in [6.07, 6.45) is -0.0594. The van der Waals surface area contributed by atoms with Crippen molar-refractivity contribution < 1.29 is 9.90 Å². The minimum Gasteiger partial charge on any atom is -0.481 e. The van der Waals surface area contributed by atoms with Gasteiger partial charge in [0.15, 0.2) is 4.96 Å². The van der Waals surface area contributed by atoms with Crippen LogP contribution < -0.4 is 0 Å². The average Bonchev–Trinajstić information content (AvgIpc) is 2.89. The van der Waals surface area contributed by atoms with Crippen molar-refractivity contribution in [3.63, 3.8) is 0 Å². The van der Waals surface area contributed by atoms with Crippen LogP contribution in [0.3, 0.4) is 0 Å². The van der Waals surface area contributed by atoms with E-state index in [1.807, 2.05) is 30.4 Å². The topological polar surface area (TPSA) is 54.6 Å². The SMILES string of the molecule is Cc1sc2nc(-c3ccc(Cl)cc3)c(CC(=O)O)n2c1C. The van der Waals surface area contributed by atoms with Crippen LogP contribution in [0.2, 0.25) is 5.02 Å². The third kappa shape index (κ3) is 2.43. The zero-order chi connectivity index (χ0) is 15.1. The van der Waals surface area contributed by atoms with Crippen molar-refractivity contribution in [2.75, 3.05) is 0 Å². The van der Waals surface area contributed by atoms with E-state index in [1.54, 1.807) is 23.5 Å². The van der Waals surface area contributed by atoms with Crippen LogP contribution in [0, 0.1) is 13.8 Å². The number of carboxylic acid groups (broad SMARTS) is 1. The molecule has 2 aromatic heterocycles. The van der Waals surface area contributed by atoms with Crippen LogP contribution in [0.4, 0.5) is 0 Å². The highest BCUT2D eigenvalue weighted by Crippen LogP contribution is 2.31. The smallest absolute Gasteiger partial charge is 0.309 e. The Labute approximate surface area is 130 Å². The maximum Gasteiger partial charge on any atom is 0.309 e. The number of halogens is 1. The summed E-state index contributed by atoms with van der Waals surface area (Å²) in [4.78, 5) is 17.8. The summed E-state index contributed by atoms with van der Waals surface area (Å²) < 4.78 is 1.94. The lowest BCUT2D eigenvalue weighted by atomic mass is 10.1. The van der Waals surface area contributed by atoms with Gasteiger partial charge in [0.2, 0.25) is 0 Å². The minimum absolute atomic E-state index is 0.0594. The third-order valence-corrected chi connectivity index (χ3v) is 4.78. The quantitative estimate of drug-likeness (QED) is 0.794. The Morgan fingerprint density at radius 2 is 2.00 bits per heavy atom. The Balaban J connectivity index is 2.26. The molecule has 0 atom stereocenters. The zero-order valence-corrected chi connectivity index (χ0v) is 13.1. The molecular formula is C15H13ClN2O2S. The lowest BCUT2D eigenvalue weighted by Crippen LogP contribution is -2.05. The van der Waals surface area contributed by atoms with Crippen LogP contribution in [-0.4, -0.2) is 20.5 Å². The Morgan fingerprint density at radius 1 is 1.33 bits per heavy atom. The summed E-state index contributed by atoms with van der Waals surface area (Å²) in [5.41, 5.74) is 3.34. The molecule has 0 saturated carbocycles. The number of benzene rings is 1. The van der Waals surface area contributed by atoms with E-state index in [9.17, 15) is 9.90 Å². The first-order valence-corrected chi connectivity index (χ1v) is 7.62. The second-order valence-electron chi connectivity index (χ2n) is 4.85. The zero-order valence-electron chi connectivity index (χ0n) is 11.6. The monoisotopic (exact) mass is 320 g/mol. The van der Waals surface area contributed by atoms with Gasteiger partial charge in [-0.1, -0.05) is 23.7 Å². The number of thiazole rings is 1. The molecule has 0 bridgehead atoms. The Kier molecular flexibility index (Phi) is 3.47. The van der Waals surface area contributed by atoms with Gasteiger partial charge in [-0.05, 0) is 26.0 Å². The van der Waals surface area contributed by atoms with E-state index < -0.39 is 5.97 Å². The van der Waals surface area contributed by atoms with Crippen LogP contribution in [0.25, 0.3) is 16.2 Å². The van der Waals surface area contributed by atoms with Crippen LogP contribution in [0.1, 0.15) is 16.3 Å². The molecule has 0 unspecified atom stereocenters. The maximum atomic E-state index is 11.2. The number of carbonyl (C=O) groups is 1. The van der Waals surface area contributed by atoms with Crippen LogP contribution in [0.15, 0.2) is 24.3 Å². The van der Waals surface area contributed by atoms with Gasteiger partial charge < -0.3 is 5.11 Å². The Bertz CT molecular complexity index is 834. The van der Waals surface area contributed by atoms with E-state index >= 15 is 0 Å². The highest BCUT2D eigenvalue weighted by Gasteiger charge is 2.20. The number of rotatable bonds is 3. The number of aliphatic carboxylic acids is 1. The van der Waals surface area contributed by atoms with Crippen LogP contribution in [-0.2, 0) is 11.2 Å². The normalized spacial score (nSPS) is 11.2. The van der Waals surface area contributed by atoms with Crippen LogP contribution in [0.5, 0.6) is 0 Å². The second-order valence-corrected chi connectivity index (χ2v) is 6.46. The van der Waals surface area contributed by atoms with Gasteiger partial charge >= 0.3 is 5.97 Å². The number of carboxylic acids is 1. The number of imidazole rings is 1. The van der Waals surface area contributed by atoms with Gasteiger partial charge in [-0.25, -0.2) is 4.98 Å². The molecule has 2 heterocycles. The first kappa shape index (κ1) is 14.1. The van der Waals surface area contributed by atoms with E-state index in [0.717, 1.165) is 21.1 Å². The van der Waals surface area contributed by atoms with E-state index in [1.165, 1.54) is 0 Å². The fraction of sp³-hybridized carbons (Fsp3) is 0.200. The number of hydrogen-bond acceptors (Lipinski definition) is 3. The van der Waals surface area contributed by atoms with Crippen molar-refractivity contribution in [2.24, 2.45) is 0 Å². The summed E-state index contributed by atoms with van der Waals surface area (Å²) in [6.45, 7) is 4.00. The van der Waals surface area contributed by atoms with Gasteiger partial charge in [0.25, 0.3) is 0 Å². The van der Waals surface area contributed by atoms with Crippen molar-refractivity contribution in [3.8, 4) is 11.3 Å². The molecule has 6 heteroatoms. The highest BCUT2D eigenvalue weighted by atomic mass is 35.5. The maximum absolute atomic E-state index is 11.2. The molecule has 0 aliphatic heterocycles. The summed E-state index contributed by atoms with van der Waals surface area (Å²) in [5, 5.41) is 9.84. The molecule has 0 aliphatic carbocycles. The first-order chi connectivity index (χ1) is 9.97. The molecule has 4 nitrogen and oxygen atoms in total. The summed E-state index contributed by atoms with van der Waals surface area (Å²) in [6, 6.07) is 7.30. The van der Waals surface area contributed by atoms with Crippen molar-refractivity contribution in [2.45, 2.75) is 20.3 Å². The van der Waals surface area contributed by atoms with E-state index in [4.69, 9.17) is 11.6 Å². The molecular weight excluding hydrogens is 308 g/mol. The molecule has 1 N–H and O–H groups in total. The highest BCUT2D eigenvalue weighted by molar-refractivity contribution is 7.17. The second kappa shape index (κ2) is 5.16. The summed E-state index contributed by atoms with van der Waals surface area (Å²) in [7, 11) is 0. The third-order valence-electron chi connectivity index (χ3n) is 3.47.